The number of hydrogen-bond donors (Lipinski definition) is 0. The molecule has 3 rings (SSSR count). The summed E-state index contributed by atoms with van der Waals surface area (Å²) < 4.78 is 18.8. The van der Waals surface area contributed by atoms with Crippen LogP contribution in [0.3, 0.4) is 0 Å². The molecule has 0 aliphatic carbocycles. The number of halogens is 1. The molecule has 0 spiro atoms. The van der Waals surface area contributed by atoms with E-state index < -0.39 is 0 Å². The Balaban J connectivity index is 1.76. The van der Waals surface area contributed by atoms with E-state index in [1.807, 2.05) is 11.0 Å². The van der Waals surface area contributed by atoms with Gasteiger partial charge in [-0.25, -0.2) is 4.39 Å². The van der Waals surface area contributed by atoms with Gasteiger partial charge in [-0.1, -0.05) is 12.1 Å². The summed E-state index contributed by atoms with van der Waals surface area (Å²) in [4.78, 5) is 16.4. The van der Waals surface area contributed by atoms with E-state index in [9.17, 15) is 9.18 Å². The van der Waals surface area contributed by atoms with E-state index in [-0.39, 0.29) is 17.8 Å². The summed E-state index contributed by atoms with van der Waals surface area (Å²) in [7, 11) is 1.73. The van der Waals surface area contributed by atoms with Crippen LogP contribution in [0.1, 0.15) is 24.9 Å². The standard InChI is InChI=1S/C18H25FN2O2/c1-13(22)21-11-15-10-20(7-4-8-23-2)12-17(15)18(21)14-5-3-6-16(19)9-14/h3,5-6,9,15,17-18H,4,7-8,10-12H2,1-2H3/t15-,17-,18+/m1/s1. The first-order valence-electron chi connectivity index (χ1n) is 8.34. The second-order valence-corrected chi connectivity index (χ2v) is 6.70. The van der Waals surface area contributed by atoms with Crippen molar-refractivity contribution in [1.82, 2.24) is 9.80 Å². The molecule has 0 N–H and O–H groups in total. The topological polar surface area (TPSA) is 32.8 Å². The number of methoxy groups -OCH3 is 1. The molecule has 23 heavy (non-hydrogen) atoms. The third kappa shape index (κ3) is 3.40. The zero-order valence-electron chi connectivity index (χ0n) is 13.9. The minimum Gasteiger partial charge on any atom is -0.385 e. The van der Waals surface area contributed by atoms with Gasteiger partial charge in [-0.2, -0.15) is 0 Å². The average Bonchev–Trinajstić information content (AvgIpc) is 3.04. The molecule has 3 atom stereocenters. The van der Waals surface area contributed by atoms with Crippen molar-refractivity contribution in [2.45, 2.75) is 19.4 Å². The summed E-state index contributed by atoms with van der Waals surface area (Å²) in [5.41, 5.74) is 0.923. The van der Waals surface area contributed by atoms with Crippen molar-refractivity contribution in [3.05, 3.63) is 35.6 Å². The van der Waals surface area contributed by atoms with Crippen LogP contribution in [-0.2, 0) is 9.53 Å². The Labute approximate surface area is 137 Å². The van der Waals surface area contributed by atoms with Gasteiger partial charge < -0.3 is 14.5 Å². The Hall–Kier alpha value is -1.46. The fourth-order valence-corrected chi connectivity index (χ4v) is 4.19. The largest absolute Gasteiger partial charge is 0.385 e. The maximum atomic E-state index is 13.6. The Bertz CT molecular complexity index is 566. The van der Waals surface area contributed by atoms with Gasteiger partial charge in [0.15, 0.2) is 0 Å². The van der Waals surface area contributed by atoms with Crippen LogP contribution in [0.2, 0.25) is 0 Å². The van der Waals surface area contributed by atoms with Gasteiger partial charge in [0, 0.05) is 52.7 Å². The number of hydrogen-bond acceptors (Lipinski definition) is 3. The van der Waals surface area contributed by atoms with Crippen LogP contribution in [0.15, 0.2) is 24.3 Å². The van der Waals surface area contributed by atoms with Crippen LogP contribution in [0.4, 0.5) is 4.39 Å². The smallest absolute Gasteiger partial charge is 0.219 e. The van der Waals surface area contributed by atoms with Crippen molar-refractivity contribution in [2.75, 3.05) is 39.9 Å². The molecule has 0 saturated carbocycles. The van der Waals surface area contributed by atoms with E-state index in [4.69, 9.17) is 4.74 Å². The molecule has 2 aliphatic heterocycles. The summed E-state index contributed by atoms with van der Waals surface area (Å²) >= 11 is 0. The lowest BCUT2D eigenvalue weighted by Crippen LogP contribution is -2.34. The normalized spacial score (nSPS) is 27.4. The van der Waals surface area contributed by atoms with E-state index in [2.05, 4.69) is 4.90 Å². The molecule has 2 saturated heterocycles. The molecule has 2 fully saturated rings. The number of carbonyl (C=O) groups is 1. The molecule has 1 aromatic rings. The number of fused-ring (bicyclic) bond motifs is 1. The highest BCUT2D eigenvalue weighted by Crippen LogP contribution is 2.45. The number of ether oxygens (including phenoxy) is 1. The van der Waals surface area contributed by atoms with Crippen LogP contribution in [0.25, 0.3) is 0 Å². The van der Waals surface area contributed by atoms with E-state index in [1.54, 1.807) is 26.2 Å². The summed E-state index contributed by atoms with van der Waals surface area (Å²) in [5, 5.41) is 0. The molecule has 2 heterocycles. The van der Waals surface area contributed by atoms with Crippen LogP contribution < -0.4 is 0 Å². The minimum absolute atomic E-state index is 0.000579. The molecule has 0 aromatic heterocycles. The van der Waals surface area contributed by atoms with Crippen LogP contribution in [-0.4, -0.2) is 55.6 Å². The molecule has 1 amide bonds. The molecular formula is C18H25FN2O2. The van der Waals surface area contributed by atoms with E-state index >= 15 is 0 Å². The third-order valence-electron chi connectivity index (χ3n) is 5.16. The Morgan fingerprint density at radius 2 is 2.17 bits per heavy atom. The molecule has 0 unspecified atom stereocenters. The van der Waals surface area contributed by atoms with Gasteiger partial charge >= 0.3 is 0 Å². The number of rotatable bonds is 5. The number of carbonyl (C=O) groups excluding carboxylic acids is 1. The molecule has 4 nitrogen and oxygen atoms in total. The minimum atomic E-state index is -0.232. The maximum Gasteiger partial charge on any atom is 0.219 e. The highest BCUT2D eigenvalue weighted by Gasteiger charge is 2.48. The predicted molar refractivity (Wildman–Crippen MR) is 86.4 cm³/mol. The van der Waals surface area contributed by atoms with Crippen molar-refractivity contribution >= 4 is 5.91 Å². The lowest BCUT2D eigenvalue weighted by Gasteiger charge is -2.29. The molecule has 2 aliphatic rings. The zero-order valence-corrected chi connectivity index (χ0v) is 13.9. The fraction of sp³-hybridized carbons (Fsp3) is 0.611. The summed E-state index contributed by atoms with van der Waals surface area (Å²) in [6.07, 6.45) is 1.02. The highest BCUT2D eigenvalue weighted by molar-refractivity contribution is 5.74. The van der Waals surface area contributed by atoms with Crippen LogP contribution >= 0.6 is 0 Å². The molecular weight excluding hydrogens is 295 g/mol. The second kappa shape index (κ2) is 6.97. The van der Waals surface area contributed by atoms with E-state index in [1.165, 1.54) is 6.07 Å². The first-order chi connectivity index (χ1) is 11.1. The zero-order chi connectivity index (χ0) is 16.4. The molecule has 126 valence electrons. The molecule has 5 heteroatoms. The quantitative estimate of drug-likeness (QED) is 0.781. The van der Waals surface area contributed by atoms with Crippen molar-refractivity contribution in [2.24, 2.45) is 11.8 Å². The van der Waals surface area contributed by atoms with Crippen molar-refractivity contribution in [3.8, 4) is 0 Å². The Morgan fingerprint density at radius 3 is 2.87 bits per heavy atom. The maximum absolute atomic E-state index is 13.6. The van der Waals surface area contributed by atoms with Crippen molar-refractivity contribution < 1.29 is 13.9 Å². The second-order valence-electron chi connectivity index (χ2n) is 6.70. The van der Waals surface area contributed by atoms with Gasteiger partial charge in [-0.3, -0.25) is 4.79 Å². The van der Waals surface area contributed by atoms with E-state index in [0.29, 0.717) is 11.8 Å². The first-order valence-corrected chi connectivity index (χ1v) is 8.34. The highest BCUT2D eigenvalue weighted by atomic mass is 19.1. The number of amides is 1. The average molecular weight is 320 g/mol. The first kappa shape index (κ1) is 16.4. The third-order valence-corrected chi connectivity index (χ3v) is 5.16. The van der Waals surface area contributed by atoms with Crippen LogP contribution in [0.5, 0.6) is 0 Å². The SMILES string of the molecule is COCCCN1C[C@@H]2CN(C(C)=O)[C@@H](c3cccc(F)c3)[C@@H]2C1. The van der Waals surface area contributed by atoms with E-state index in [0.717, 1.165) is 44.8 Å². The van der Waals surface area contributed by atoms with Crippen LogP contribution in [0, 0.1) is 17.7 Å². The molecule has 1 aromatic carbocycles. The number of nitrogens with zero attached hydrogens (tertiary/aromatic N) is 2. The van der Waals surface area contributed by atoms with Crippen molar-refractivity contribution in [1.29, 1.82) is 0 Å². The number of likely N-dealkylation sites (tertiary alicyclic amines) is 2. The summed E-state index contributed by atoms with van der Waals surface area (Å²) in [5.74, 6) is 0.724. The van der Waals surface area contributed by atoms with Gasteiger partial charge in [0.05, 0.1) is 6.04 Å². The van der Waals surface area contributed by atoms with Gasteiger partial charge in [0.2, 0.25) is 5.91 Å². The Morgan fingerprint density at radius 1 is 1.35 bits per heavy atom. The number of benzene rings is 1. The lowest BCUT2D eigenvalue weighted by atomic mass is 9.89. The predicted octanol–water partition coefficient (Wildman–Crippen LogP) is 2.31. The van der Waals surface area contributed by atoms with Gasteiger partial charge in [-0.05, 0) is 30.0 Å². The fourth-order valence-electron chi connectivity index (χ4n) is 4.19. The van der Waals surface area contributed by atoms with Gasteiger partial charge in [0.25, 0.3) is 0 Å². The monoisotopic (exact) mass is 320 g/mol. The van der Waals surface area contributed by atoms with Crippen molar-refractivity contribution in [3.63, 3.8) is 0 Å². The lowest BCUT2D eigenvalue weighted by molar-refractivity contribution is -0.130. The van der Waals surface area contributed by atoms with Gasteiger partial charge in [0.1, 0.15) is 5.82 Å². The summed E-state index contributed by atoms with van der Waals surface area (Å²) in [6, 6.07) is 6.72. The Kier molecular flexibility index (Phi) is 4.97. The van der Waals surface area contributed by atoms with Gasteiger partial charge in [-0.15, -0.1) is 0 Å². The summed E-state index contributed by atoms with van der Waals surface area (Å²) in [6.45, 7) is 6.19. The molecule has 0 radical (unpaired) electrons. The molecule has 0 bridgehead atoms.